The number of carbonyl (C=O) groups is 1. The van der Waals surface area contributed by atoms with E-state index in [0.29, 0.717) is 38.2 Å². The van der Waals surface area contributed by atoms with Gasteiger partial charge in [-0.1, -0.05) is 62.4 Å². The van der Waals surface area contributed by atoms with Crippen LogP contribution in [0.15, 0.2) is 59.5 Å². The predicted molar refractivity (Wildman–Crippen MR) is 129 cm³/mol. The van der Waals surface area contributed by atoms with Crippen molar-refractivity contribution in [3.8, 4) is 0 Å². The molecule has 0 radical (unpaired) electrons. The van der Waals surface area contributed by atoms with Crippen LogP contribution in [0, 0.1) is 5.92 Å². The SMILES string of the molecule is CC(C)CNS(=O)(=O)c1ccccc1CC(O)C(Cc1ccccc1)NC(=O)O[C@H]1CCOC1. The summed E-state index contributed by atoms with van der Waals surface area (Å²) in [6.07, 6.45) is -0.952. The fraction of sp³-hybridized carbons (Fsp3) is 0.480. The number of aliphatic hydroxyl groups is 1. The third-order valence-electron chi connectivity index (χ3n) is 5.60. The maximum absolute atomic E-state index is 12.9. The lowest BCUT2D eigenvalue weighted by molar-refractivity contribution is 0.0689. The average molecular weight is 491 g/mol. The fourth-order valence-electron chi connectivity index (χ4n) is 3.75. The van der Waals surface area contributed by atoms with Gasteiger partial charge in [-0.15, -0.1) is 0 Å². The second kappa shape index (κ2) is 12.3. The van der Waals surface area contributed by atoms with Gasteiger partial charge in [-0.2, -0.15) is 0 Å². The van der Waals surface area contributed by atoms with Crippen LogP contribution in [0.3, 0.4) is 0 Å². The molecule has 9 heteroatoms. The zero-order valence-corrected chi connectivity index (χ0v) is 20.5. The Morgan fingerprint density at radius 2 is 1.82 bits per heavy atom. The smallest absolute Gasteiger partial charge is 0.407 e. The van der Waals surface area contributed by atoms with E-state index in [1.807, 2.05) is 44.2 Å². The van der Waals surface area contributed by atoms with Gasteiger partial charge < -0.3 is 19.9 Å². The van der Waals surface area contributed by atoms with E-state index in [1.54, 1.807) is 18.2 Å². The van der Waals surface area contributed by atoms with E-state index >= 15 is 0 Å². The van der Waals surface area contributed by atoms with E-state index in [0.717, 1.165) is 5.56 Å². The van der Waals surface area contributed by atoms with Crippen LogP contribution in [0.4, 0.5) is 4.79 Å². The number of sulfonamides is 1. The summed E-state index contributed by atoms with van der Waals surface area (Å²) in [6, 6.07) is 15.4. The second-order valence-electron chi connectivity index (χ2n) is 8.96. The molecule has 1 saturated heterocycles. The Morgan fingerprint density at radius 1 is 1.12 bits per heavy atom. The summed E-state index contributed by atoms with van der Waals surface area (Å²) in [5.74, 6) is 0.156. The minimum atomic E-state index is -3.74. The number of alkyl carbamates (subject to hydrolysis) is 1. The summed E-state index contributed by atoms with van der Waals surface area (Å²) in [6.45, 7) is 5.07. The Kier molecular flexibility index (Phi) is 9.46. The zero-order valence-electron chi connectivity index (χ0n) is 19.6. The van der Waals surface area contributed by atoms with Crippen molar-refractivity contribution in [3.63, 3.8) is 0 Å². The van der Waals surface area contributed by atoms with E-state index in [4.69, 9.17) is 9.47 Å². The highest BCUT2D eigenvalue weighted by Gasteiger charge is 2.28. The lowest BCUT2D eigenvalue weighted by Gasteiger charge is -2.25. The summed E-state index contributed by atoms with van der Waals surface area (Å²) in [4.78, 5) is 12.6. The highest BCUT2D eigenvalue weighted by molar-refractivity contribution is 7.89. The first-order valence-corrected chi connectivity index (χ1v) is 13.1. The van der Waals surface area contributed by atoms with Gasteiger partial charge in [0.05, 0.1) is 30.3 Å². The molecule has 34 heavy (non-hydrogen) atoms. The van der Waals surface area contributed by atoms with Crippen molar-refractivity contribution in [2.45, 2.75) is 56.3 Å². The molecule has 2 aromatic rings. The molecule has 2 aromatic carbocycles. The second-order valence-corrected chi connectivity index (χ2v) is 10.7. The number of carbonyl (C=O) groups excluding carboxylic acids is 1. The van der Waals surface area contributed by atoms with Gasteiger partial charge in [-0.05, 0) is 29.5 Å². The molecule has 3 N–H and O–H groups in total. The highest BCUT2D eigenvalue weighted by atomic mass is 32.2. The fourth-order valence-corrected chi connectivity index (χ4v) is 5.21. The number of nitrogens with one attached hydrogen (secondary N) is 2. The number of benzene rings is 2. The molecule has 0 aromatic heterocycles. The molecule has 1 aliphatic rings. The standard InChI is InChI=1S/C25H34N2O6S/c1-18(2)16-26-34(30,31)24-11-7-6-10-20(24)15-23(28)22(14-19-8-4-3-5-9-19)27-25(29)33-21-12-13-32-17-21/h3-11,18,21-23,26,28H,12-17H2,1-2H3,(H,27,29)/t21-,22?,23?/m0/s1. The first kappa shape index (κ1) is 26.2. The minimum absolute atomic E-state index is 0.0447. The van der Waals surface area contributed by atoms with Gasteiger partial charge in [0, 0.05) is 19.4 Å². The Morgan fingerprint density at radius 3 is 2.50 bits per heavy atom. The van der Waals surface area contributed by atoms with Gasteiger partial charge in [0.25, 0.3) is 0 Å². The van der Waals surface area contributed by atoms with E-state index in [9.17, 15) is 18.3 Å². The first-order valence-electron chi connectivity index (χ1n) is 11.6. The molecule has 8 nitrogen and oxygen atoms in total. The largest absolute Gasteiger partial charge is 0.444 e. The Bertz CT molecular complexity index is 1020. The van der Waals surface area contributed by atoms with Crippen LogP contribution in [-0.4, -0.2) is 57.6 Å². The molecular formula is C25H34N2O6S. The van der Waals surface area contributed by atoms with Crippen molar-refractivity contribution in [2.24, 2.45) is 5.92 Å². The lowest BCUT2D eigenvalue weighted by Crippen LogP contribution is -2.47. The van der Waals surface area contributed by atoms with Crippen molar-refractivity contribution >= 4 is 16.1 Å². The van der Waals surface area contributed by atoms with Crippen molar-refractivity contribution in [3.05, 3.63) is 65.7 Å². The molecule has 0 saturated carbocycles. The molecule has 1 heterocycles. The summed E-state index contributed by atoms with van der Waals surface area (Å²) in [5, 5.41) is 13.9. The topological polar surface area (TPSA) is 114 Å². The number of amides is 1. The van der Waals surface area contributed by atoms with E-state index in [2.05, 4.69) is 10.0 Å². The molecule has 0 aliphatic carbocycles. The first-order chi connectivity index (χ1) is 16.2. The van der Waals surface area contributed by atoms with Crippen molar-refractivity contribution in [1.29, 1.82) is 0 Å². The van der Waals surface area contributed by atoms with Crippen LogP contribution in [0.25, 0.3) is 0 Å². The Labute approximate surface area is 201 Å². The van der Waals surface area contributed by atoms with Crippen LogP contribution in [0.2, 0.25) is 0 Å². The maximum atomic E-state index is 12.9. The van der Waals surface area contributed by atoms with Crippen molar-refractivity contribution in [1.82, 2.24) is 10.0 Å². The molecule has 1 amide bonds. The maximum Gasteiger partial charge on any atom is 0.407 e. The lowest BCUT2D eigenvalue weighted by atomic mass is 9.96. The number of hydrogen-bond donors (Lipinski definition) is 3. The molecular weight excluding hydrogens is 456 g/mol. The Hall–Kier alpha value is -2.46. The number of hydrogen-bond acceptors (Lipinski definition) is 6. The third kappa shape index (κ3) is 7.80. The van der Waals surface area contributed by atoms with Gasteiger partial charge in [0.1, 0.15) is 6.10 Å². The highest BCUT2D eigenvalue weighted by Crippen LogP contribution is 2.20. The van der Waals surface area contributed by atoms with Gasteiger partial charge in [-0.25, -0.2) is 17.9 Å². The van der Waals surface area contributed by atoms with Crippen LogP contribution in [0.5, 0.6) is 0 Å². The summed E-state index contributed by atoms with van der Waals surface area (Å²) in [5.41, 5.74) is 1.40. The quantitative estimate of drug-likeness (QED) is 0.446. The van der Waals surface area contributed by atoms with Crippen molar-refractivity contribution in [2.75, 3.05) is 19.8 Å². The van der Waals surface area contributed by atoms with Gasteiger partial charge in [0.15, 0.2) is 0 Å². The molecule has 2 unspecified atom stereocenters. The number of rotatable bonds is 11. The van der Waals surface area contributed by atoms with Gasteiger partial charge in [0.2, 0.25) is 10.0 Å². The third-order valence-corrected chi connectivity index (χ3v) is 7.12. The Balaban J connectivity index is 1.77. The molecule has 186 valence electrons. The zero-order chi connectivity index (χ0) is 24.6. The average Bonchev–Trinajstić information content (AvgIpc) is 3.31. The number of aliphatic hydroxyl groups excluding tert-OH is 1. The van der Waals surface area contributed by atoms with Crippen LogP contribution in [-0.2, 0) is 32.3 Å². The monoisotopic (exact) mass is 490 g/mol. The summed E-state index contributed by atoms with van der Waals surface area (Å²) in [7, 11) is -3.74. The van der Waals surface area contributed by atoms with Crippen LogP contribution in [0.1, 0.15) is 31.4 Å². The summed E-state index contributed by atoms with van der Waals surface area (Å²) < 4.78 is 39.0. The van der Waals surface area contributed by atoms with Gasteiger partial charge in [-0.3, -0.25) is 0 Å². The van der Waals surface area contributed by atoms with Crippen LogP contribution >= 0.6 is 0 Å². The molecule has 1 fully saturated rings. The predicted octanol–water partition coefficient (Wildman–Crippen LogP) is 2.65. The minimum Gasteiger partial charge on any atom is -0.444 e. The van der Waals surface area contributed by atoms with E-state index in [1.165, 1.54) is 6.07 Å². The van der Waals surface area contributed by atoms with Gasteiger partial charge >= 0.3 is 6.09 Å². The molecule has 0 spiro atoms. The van der Waals surface area contributed by atoms with Crippen LogP contribution < -0.4 is 10.0 Å². The number of ether oxygens (including phenoxy) is 2. The molecule has 0 bridgehead atoms. The van der Waals surface area contributed by atoms with Crippen molar-refractivity contribution < 1.29 is 27.8 Å². The van der Waals surface area contributed by atoms with E-state index < -0.39 is 28.3 Å². The molecule has 1 aliphatic heterocycles. The molecule has 3 rings (SSSR count). The van der Waals surface area contributed by atoms with E-state index in [-0.39, 0.29) is 23.3 Å². The normalized spacial score (nSPS) is 17.9. The molecule has 3 atom stereocenters. The summed E-state index contributed by atoms with van der Waals surface area (Å²) >= 11 is 0.